The van der Waals surface area contributed by atoms with Crippen molar-refractivity contribution in [2.75, 3.05) is 5.32 Å². The van der Waals surface area contributed by atoms with E-state index in [1.807, 2.05) is 4.52 Å². The van der Waals surface area contributed by atoms with Crippen LogP contribution in [0.15, 0.2) is 12.3 Å². The Hall–Kier alpha value is -0.940. The number of thiol groups is 1. The molecule has 1 aliphatic rings. The Morgan fingerprint density at radius 2 is 2.18 bits per heavy atom. The molecule has 0 spiro atoms. The summed E-state index contributed by atoms with van der Waals surface area (Å²) in [7, 11) is 0. The fraction of sp³-hybridized carbons (Fsp3) is 0.625. The maximum atomic E-state index is 6.26. The van der Waals surface area contributed by atoms with Crippen LogP contribution in [0.1, 0.15) is 57.6 Å². The minimum absolute atomic E-state index is 0.450. The molecule has 1 aliphatic carbocycles. The lowest BCUT2D eigenvalue weighted by molar-refractivity contribution is 0.622. The standard InChI is InChI=1S/C16H23ClN4S/c1-3-10(4-2)14-8-15(19-11-5-6-12(22)7-11)21-16(20-14)13(17)9-18-21/h8-12,19,22H,3-7H2,1-2H3/t11-,12+/m0/s1. The lowest BCUT2D eigenvalue weighted by Crippen LogP contribution is -2.19. The lowest BCUT2D eigenvalue weighted by atomic mass is 9.99. The van der Waals surface area contributed by atoms with Gasteiger partial charge in [0.25, 0.3) is 0 Å². The number of fused-ring (bicyclic) bond motifs is 1. The highest BCUT2D eigenvalue weighted by Crippen LogP contribution is 2.30. The maximum Gasteiger partial charge on any atom is 0.176 e. The third-order valence-corrected chi connectivity index (χ3v) is 5.35. The molecule has 1 N–H and O–H groups in total. The van der Waals surface area contributed by atoms with E-state index in [2.05, 4.69) is 43.0 Å². The predicted octanol–water partition coefficient (Wildman–Crippen LogP) is 4.55. The van der Waals surface area contributed by atoms with Crippen molar-refractivity contribution < 1.29 is 0 Å². The SMILES string of the molecule is CCC(CC)c1cc(N[C@H]2CC[C@@H](S)C2)n2ncc(Cl)c2n1. The average molecular weight is 339 g/mol. The largest absolute Gasteiger partial charge is 0.367 e. The first kappa shape index (κ1) is 15.9. The summed E-state index contributed by atoms with van der Waals surface area (Å²) in [6.45, 7) is 4.40. The summed E-state index contributed by atoms with van der Waals surface area (Å²) in [6, 6.07) is 2.59. The van der Waals surface area contributed by atoms with Crippen molar-refractivity contribution in [3.63, 3.8) is 0 Å². The minimum Gasteiger partial charge on any atom is -0.367 e. The lowest BCUT2D eigenvalue weighted by Gasteiger charge is -2.18. The van der Waals surface area contributed by atoms with Gasteiger partial charge in [0.1, 0.15) is 10.8 Å². The van der Waals surface area contributed by atoms with E-state index in [-0.39, 0.29) is 0 Å². The predicted molar refractivity (Wildman–Crippen MR) is 95.4 cm³/mol. The number of aromatic nitrogens is 3. The topological polar surface area (TPSA) is 42.2 Å². The van der Waals surface area contributed by atoms with Crippen LogP contribution in [0.2, 0.25) is 5.02 Å². The van der Waals surface area contributed by atoms with Gasteiger partial charge in [-0.15, -0.1) is 0 Å². The monoisotopic (exact) mass is 338 g/mol. The van der Waals surface area contributed by atoms with Gasteiger partial charge in [-0.2, -0.15) is 22.2 Å². The van der Waals surface area contributed by atoms with Crippen LogP contribution in [-0.2, 0) is 0 Å². The van der Waals surface area contributed by atoms with Crippen LogP contribution in [0.5, 0.6) is 0 Å². The van der Waals surface area contributed by atoms with Crippen LogP contribution in [0.3, 0.4) is 0 Å². The maximum absolute atomic E-state index is 6.26. The molecule has 2 aromatic heterocycles. The van der Waals surface area contributed by atoms with E-state index >= 15 is 0 Å². The van der Waals surface area contributed by atoms with Gasteiger partial charge in [-0.25, -0.2) is 4.98 Å². The second-order valence-electron chi connectivity index (χ2n) is 6.12. The Morgan fingerprint density at radius 3 is 2.82 bits per heavy atom. The number of anilines is 1. The molecule has 2 aromatic rings. The van der Waals surface area contributed by atoms with E-state index in [4.69, 9.17) is 16.6 Å². The van der Waals surface area contributed by atoms with Gasteiger partial charge in [-0.1, -0.05) is 25.4 Å². The second-order valence-corrected chi connectivity index (χ2v) is 7.25. The zero-order valence-electron chi connectivity index (χ0n) is 13.1. The molecule has 0 aromatic carbocycles. The van der Waals surface area contributed by atoms with Gasteiger partial charge in [0.2, 0.25) is 0 Å². The number of hydrogen-bond donors (Lipinski definition) is 2. The molecule has 1 fully saturated rings. The summed E-state index contributed by atoms with van der Waals surface area (Å²) in [5.74, 6) is 1.45. The zero-order valence-corrected chi connectivity index (χ0v) is 14.7. The molecule has 2 atom stereocenters. The quantitative estimate of drug-likeness (QED) is 0.786. The van der Waals surface area contributed by atoms with Crippen LogP contribution in [0.25, 0.3) is 5.65 Å². The molecule has 0 bridgehead atoms. The Labute approximate surface area is 142 Å². The fourth-order valence-corrected chi connectivity index (χ4v) is 3.84. The number of nitrogens with zero attached hydrogens (tertiary/aromatic N) is 3. The highest BCUT2D eigenvalue weighted by Gasteiger charge is 2.23. The van der Waals surface area contributed by atoms with E-state index in [9.17, 15) is 0 Å². The van der Waals surface area contributed by atoms with Crippen LogP contribution in [0, 0.1) is 0 Å². The second kappa shape index (κ2) is 6.67. The molecular formula is C16H23ClN4S. The summed E-state index contributed by atoms with van der Waals surface area (Å²) < 4.78 is 1.82. The molecule has 0 radical (unpaired) electrons. The van der Waals surface area contributed by atoms with E-state index in [0.717, 1.165) is 49.3 Å². The summed E-state index contributed by atoms with van der Waals surface area (Å²) in [6.07, 6.45) is 7.21. The van der Waals surface area contributed by atoms with Crippen molar-refractivity contribution in [1.82, 2.24) is 14.6 Å². The molecule has 4 nitrogen and oxygen atoms in total. The number of hydrogen-bond acceptors (Lipinski definition) is 4. The molecule has 0 saturated heterocycles. The molecule has 6 heteroatoms. The summed E-state index contributed by atoms with van der Waals surface area (Å²) in [5.41, 5.74) is 1.84. The minimum atomic E-state index is 0.450. The van der Waals surface area contributed by atoms with Gasteiger partial charge in [-0.3, -0.25) is 0 Å². The van der Waals surface area contributed by atoms with E-state index in [1.54, 1.807) is 6.20 Å². The molecule has 0 aliphatic heterocycles. The van der Waals surface area contributed by atoms with Gasteiger partial charge in [0, 0.05) is 29.0 Å². The number of nitrogens with one attached hydrogen (secondary N) is 1. The number of halogens is 1. The molecule has 3 rings (SSSR count). The number of rotatable bonds is 5. The first-order valence-electron chi connectivity index (χ1n) is 8.11. The Kier molecular flexibility index (Phi) is 4.83. The van der Waals surface area contributed by atoms with E-state index < -0.39 is 0 Å². The van der Waals surface area contributed by atoms with Crippen molar-refractivity contribution in [3.05, 3.63) is 23.0 Å². The van der Waals surface area contributed by atoms with Crippen molar-refractivity contribution in [3.8, 4) is 0 Å². The fourth-order valence-electron chi connectivity index (χ4n) is 3.27. The van der Waals surface area contributed by atoms with Crippen molar-refractivity contribution in [1.29, 1.82) is 0 Å². The molecular weight excluding hydrogens is 316 g/mol. The molecule has 2 heterocycles. The Balaban J connectivity index is 1.99. The van der Waals surface area contributed by atoms with Crippen LogP contribution >= 0.6 is 24.2 Å². The van der Waals surface area contributed by atoms with Crippen molar-refractivity contribution in [2.24, 2.45) is 0 Å². The van der Waals surface area contributed by atoms with Gasteiger partial charge in [-0.05, 0) is 32.1 Å². The van der Waals surface area contributed by atoms with E-state index in [1.165, 1.54) is 0 Å². The molecule has 0 amide bonds. The van der Waals surface area contributed by atoms with Gasteiger partial charge >= 0.3 is 0 Å². The summed E-state index contributed by atoms with van der Waals surface area (Å²) in [4.78, 5) is 4.74. The molecule has 1 saturated carbocycles. The van der Waals surface area contributed by atoms with E-state index in [0.29, 0.717) is 22.2 Å². The summed E-state index contributed by atoms with van der Waals surface area (Å²) >= 11 is 10.8. The van der Waals surface area contributed by atoms with Crippen LogP contribution in [0.4, 0.5) is 5.82 Å². The average Bonchev–Trinajstić information content (AvgIpc) is 3.07. The Bertz CT molecular complexity index is 653. The van der Waals surface area contributed by atoms with Crippen LogP contribution < -0.4 is 5.32 Å². The van der Waals surface area contributed by atoms with Gasteiger partial charge in [0.05, 0.1) is 6.20 Å². The van der Waals surface area contributed by atoms with Gasteiger partial charge in [0.15, 0.2) is 5.65 Å². The first-order valence-corrected chi connectivity index (χ1v) is 9.00. The first-order chi connectivity index (χ1) is 10.6. The van der Waals surface area contributed by atoms with Crippen molar-refractivity contribution >= 4 is 35.7 Å². The molecule has 120 valence electrons. The Morgan fingerprint density at radius 1 is 1.41 bits per heavy atom. The summed E-state index contributed by atoms with van der Waals surface area (Å²) in [5, 5.41) is 9.10. The van der Waals surface area contributed by atoms with Gasteiger partial charge < -0.3 is 5.32 Å². The molecule has 0 unspecified atom stereocenters. The normalized spacial score (nSPS) is 21.9. The van der Waals surface area contributed by atoms with Crippen LogP contribution in [-0.4, -0.2) is 25.9 Å². The highest BCUT2D eigenvalue weighted by atomic mass is 35.5. The smallest absolute Gasteiger partial charge is 0.176 e. The highest BCUT2D eigenvalue weighted by molar-refractivity contribution is 7.80. The third-order valence-electron chi connectivity index (χ3n) is 4.61. The third kappa shape index (κ3) is 3.06. The zero-order chi connectivity index (χ0) is 15.7. The molecule has 22 heavy (non-hydrogen) atoms. The van der Waals surface area contributed by atoms with Crippen molar-refractivity contribution in [2.45, 2.75) is 63.2 Å².